The van der Waals surface area contributed by atoms with Crippen molar-refractivity contribution >= 4 is 41.2 Å². The maximum atomic E-state index is 11.2. The smallest absolute Gasteiger partial charge is 0.469 e. The van der Waals surface area contributed by atoms with Gasteiger partial charge in [-0.1, -0.05) is 72.4 Å². The topological polar surface area (TPSA) is 232 Å². The molecule has 0 aliphatic carbocycles. The molecule has 340 valence electrons. The molecular weight excluding hydrogens is 752 g/mol. The summed E-state index contributed by atoms with van der Waals surface area (Å²) in [4.78, 5) is 79.9. The zero-order valence-corrected chi connectivity index (χ0v) is 36.8. The van der Waals surface area contributed by atoms with Gasteiger partial charge in [-0.05, 0) is 61.0 Å². The third-order valence-corrected chi connectivity index (χ3v) is 6.68. The first-order chi connectivity index (χ1) is 25.6. The van der Waals surface area contributed by atoms with Crippen molar-refractivity contribution in [3.63, 3.8) is 0 Å². The van der Waals surface area contributed by atoms with E-state index in [1.54, 1.807) is 24.8 Å². The Labute approximate surface area is 352 Å². The SMILES string of the molecule is C.C.CC#N.CCC.CCC(=O)C(=O)N(CC)CC.CCN(C(=O)C(C)=O)C(C)C.CCN1C(=O)C(C)(O)OC1C.COC(=O)Cc1ccccc1.COC(C)=O.O.[H+]. The summed E-state index contributed by atoms with van der Waals surface area (Å²) in [6.45, 7) is 26.7. The van der Waals surface area contributed by atoms with Crippen molar-refractivity contribution in [1.82, 2.24) is 14.7 Å². The van der Waals surface area contributed by atoms with Crippen LogP contribution in [-0.4, -0.2) is 125 Å². The molecule has 0 radical (unpaired) electrons. The van der Waals surface area contributed by atoms with Gasteiger partial charge in [0, 0.05) is 59.4 Å². The highest BCUT2D eigenvalue weighted by atomic mass is 16.7. The molecule has 16 heteroatoms. The van der Waals surface area contributed by atoms with Crippen molar-refractivity contribution in [2.24, 2.45) is 0 Å². The number of benzene rings is 1. The highest BCUT2D eigenvalue weighted by molar-refractivity contribution is 6.36. The number of carbonyl (C=O) groups is 7. The number of carbonyl (C=O) groups excluding carboxylic acids is 7. The second-order valence-corrected chi connectivity index (χ2v) is 11.7. The second-order valence-electron chi connectivity index (χ2n) is 11.7. The highest BCUT2D eigenvalue weighted by Crippen LogP contribution is 2.23. The van der Waals surface area contributed by atoms with Crippen LogP contribution in [0.15, 0.2) is 30.3 Å². The third kappa shape index (κ3) is 35.7. The molecule has 2 unspecified atom stereocenters. The van der Waals surface area contributed by atoms with E-state index in [0.717, 1.165) is 5.56 Å². The summed E-state index contributed by atoms with van der Waals surface area (Å²) in [7, 11) is 2.74. The molecule has 3 N–H and O–H groups in total. The van der Waals surface area contributed by atoms with Gasteiger partial charge in [0.05, 0.1) is 26.7 Å². The van der Waals surface area contributed by atoms with E-state index < -0.39 is 5.79 Å². The number of amides is 3. The number of nitrogens with zero attached hydrogens (tertiary/aromatic N) is 4. The van der Waals surface area contributed by atoms with E-state index in [-0.39, 0.29) is 75.3 Å². The van der Waals surface area contributed by atoms with Gasteiger partial charge in [0.1, 0.15) is 6.23 Å². The molecule has 1 saturated heterocycles. The van der Waals surface area contributed by atoms with Crippen molar-refractivity contribution in [1.29, 1.82) is 5.26 Å². The van der Waals surface area contributed by atoms with Crippen LogP contribution >= 0.6 is 0 Å². The largest absolute Gasteiger partial charge is 1.00 e. The van der Waals surface area contributed by atoms with Crippen LogP contribution in [-0.2, 0) is 54.2 Å². The number of Topliss-reactive ketones (excluding diaryl/α,β-unsaturated/α-hetero) is 2. The number of aliphatic hydroxyl groups is 1. The van der Waals surface area contributed by atoms with Crippen LogP contribution in [0.3, 0.4) is 0 Å². The molecule has 58 heavy (non-hydrogen) atoms. The fourth-order valence-corrected chi connectivity index (χ4v) is 3.90. The lowest BCUT2D eigenvalue weighted by molar-refractivity contribution is -0.183. The Hall–Kier alpha value is -4.72. The number of likely N-dealkylation sites (N-methyl/N-ethyl adjacent to an activating group) is 3. The van der Waals surface area contributed by atoms with E-state index >= 15 is 0 Å². The van der Waals surface area contributed by atoms with Crippen LogP contribution in [0.25, 0.3) is 0 Å². The molecule has 1 fully saturated rings. The predicted molar refractivity (Wildman–Crippen MR) is 230 cm³/mol. The van der Waals surface area contributed by atoms with Gasteiger partial charge in [0.25, 0.3) is 17.7 Å². The van der Waals surface area contributed by atoms with Crippen molar-refractivity contribution in [3.8, 4) is 6.07 Å². The number of ether oxygens (including phenoxy) is 3. The van der Waals surface area contributed by atoms with Gasteiger partial charge in [0.2, 0.25) is 17.4 Å². The van der Waals surface area contributed by atoms with Crippen LogP contribution in [0.5, 0.6) is 0 Å². The Bertz CT molecular complexity index is 1280. The molecular formula is C42H81N4O12+. The molecule has 3 amide bonds. The molecule has 0 aromatic heterocycles. The van der Waals surface area contributed by atoms with Gasteiger partial charge in [-0.2, -0.15) is 5.26 Å². The maximum absolute atomic E-state index is 11.2. The maximum Gasteiger partial charge on any atom is 1.00 e. The summed E-state index contributed by atoms with van der Waals surface area (Å²) in [5.74, 6) is -3.84. The first-order valence-corrected chi connectivity index (χ1v) is 18.4. The summed E-state index contributed by atoms with van der Waals surface area (Å²) in [6, 6.07) is 11.4. The molecule has 2 rings (SSSR count). The zero-order valence-electron chi connectivity index (χ0n) is 37.8. The Morgan fingerprint density at radius 1 is 0.914 bits per heavy atom. The molecule has 1 aromatic carbocycles. The average Bonchev–Trinajstić information content (AvgIpc) is 3.34. The normalized spacial score (nSPS) is 13.7. The van der Waals surface area contributed by atoms with Crippen molar-refractivity contribution in [3.05, 3.63) is 35.9 Å². The molecule has 16 nitrogen and oxygen atoms in total. The minimum atomic E-state index is -1.62. The first-order valence-electron chi connectivity index (χ1n) is 18.4. The zero-order chi connectivity index (χ0) is 44.3. The van der Waals surface area contributed by atoms with Gasteiger partial charge >= 0.3 is 13.4 Å². The minimum Gasteiger partial charge on any atom is -0.469 e. The number of nitriles is 1. The summed E-state index contributed by atoms with van der Waals surface area (Å²) in [6.07, 6.45) is 1.59. The first kappa shape index (κ1) is 71.0. The summed E-state index contributed by atoms with van der Waals surface area (Å²) in [5, 5.41) is 16.6. The van der Waals surface area contributed by atoms with Gasteiger partial charge in [-0.25, -0.2) is 0 Å². The number of hydrogen-bond donors (Lipinski definition) is 1. The van der Waals surface area contributed by atoms with E-state index in [2.05, 4.69) is 23.3 Å². The number of rotatable bonds is 10. The Kier molecular flexibility index (Phi) is 53.2. The molecule has 1 aliphatic heterocycles. The standard InChI is InChI=1S/C9H10O2.2C8H15NO2.C7H13NO3.C3H6O2.C3H8.C2H3N.2CH4.H2O/c1-11-9(10)7-8-5-3-2-4-6-8;1-5-9(6(2)3)8(11)7(4)10;1-4-7(10)8(11)9(5-2)6-3;1-4-8-5(2)11-7(3,10)6(8)9;1-3(4)5-2;1-3-2;1-2-3;;;/h2-6H,7H2,1H3;6H,5H2,1-4H3;4-6H2,1-3H3;5,10H,4H2,1-3H3;1-2H3;3H2,1-2H3;1H3;2*1H4;1H2/p+1. The van der Waals surface area contributed by atoms with Crippen molar-refractivity contribution in [2.75, 3.05) is 40.4 Å². The van der Waals surface area contributed by atoms with E-state index in [4.69, 9.17) is 10.00 Å². The monoisotopic (exact) mass is 834 g/mol. The quantitative estimate of drug-likeness (QED) is 0.222. The molecule has 1 aromatic rings. The van der Waals surface area contributed by atoms with E-state index in [1.807, 2.05) is 71.9 Å². The predicted octanol–water partition coefficient (Wildman–Crippen LogP) is 5.67. The molecule has 0 saturated carbocycles. The van der Waals surface area contributed by atoms with Gasteiger partial charge in [0.15, 0.2) is 0 Å². The van der Waals surface area contributed by atoms with Crippen LogP contribution in [0.1, 0.15) is 132 Å². The number of hydrogen-bond acceptors (Lipinski definition) is 12. The van der Waals surface area contributed by atoms with E-state index in [1.165, 1.54) is 58.1 Å². The van der Waals surface area contributed by atoms with Crippen LogP contribution in [0, 0.1) is 11.3 Å². The van der Waals surface area contributed by atoms with E-state index in [9.17, 15) is 38.7 Å². The fraction of sp³-hybridized carbons (Fsp3) is 0.667. The minimum absolute atomic E-state index is 0. The third-order valence-electron chi connectivity index (χ3n) is 6.68. The van der Waals surface area contributed by atoms with Gasteiger partial charge in [-0.3, -0.25) is 33.6 Å². The van der Waals surface area contributed by atoms with Crippen LogP contribution < -0.4 is 0 Å². The average molecular weight is 834 g/mol. The lowest BCUT2D eigenvalue weighted by atomic mass is 10.2. The van der Waals surface area contributed by atoms with Crippen molar-refractivity contribution in [2.45, 2.75) is 149 Å². The van der Waals surface area contributed by atoms with Crippen LogP contribution in [0.2, 0.25) is 0 Å². The molecule has 0 spiro atoms. The fourth-order valence-electron chi connectivity index (χ4n) is 3.90. The number of methoxy groups -OCH3 is 2. The highest BCUT2D eigenvalue weighted by Gasteiger charge is 2.45. The number of ketones is 2. The molecule has 0 bridgehead atoms. The second kappa shape index (κ2) is 43.4. The lowest BCUT2D eigenvalue weighted by Gasteiger charge is -2.23. The Morgan fingerprint density at radius 2 is 1.33 bits per heavy atom. The summed E-state index contributed by atoms with van der Waals surface area (Å²) < 4.78 is 13.6. The van der Waals surface area contributed by atoms with Crippen molar-refractivity contribution < 1.29 is 59.8 Å². The van der Waals surface area contributed by atoms with Gasteiger partial charge in [-0.15, -0.1) is 0 Å². The Balaban J connectivity index is -0.0000000729. The summed E-state index contributed by atoms with van der Waals surface area (Å²) >= 11 is 0. The molecule has 2 atom stereocenters. The molecule has 1 aliphatic rings. The molecule has 1 heterocycles. The summed E-state index contributed by atoms with van der Waals surface area (Å²) in [5.41, 5.74) is 0.986. The van der Waals surface area contributed by atoms with E-state index in [0.29, 0.717) is 39.0 Å². The number of esters is 2. The lowest BCUT2D eigenvalue weighted by Crippen LogP contribution is -2.40. The van der Waals surface area contributed by atoms with Crippen LogP contribution in [0.4, 0.5) is 0 Å². The van der Waals surface area contributed by atoms with Gasteiger partial charge < -0.3 is 39.5 Å². The Morgan fingerprint density at radius 3 is 1.53 bits per heavy atom.